The van der Waals surface area contributed by atoms with Gasteiger partial charge < -0.3 is 15.2 Å². The third-order valence-corrected chi connectivity index (χ3v) is 4.06. The number of ether oxygens (including phenoxy) is 1. The van der Waals surface area contributed by atoms with Crippen LogP contribution in [-0.4, -0.2) is 27.7 Å². The molecular formula is C18H17N3O3. The molecule has 1 aliphatic rings. The molecule has 3 rings (SSSR count). The molecule has 2 atom stereocenters. The van der Waals surface area contributed by atoms with Crippen LogP contribution in [0, 0.1) is 11.3 Å². The number of carbonyl (C=O) groups is 1. The number of benzene rings is 1. The largest absolute Gasteiger partial charge is 0.485 e. The zero-order valence-corrected chi connectivity index (χ0v) is 13.4. The predicted octanol–water partition coefficient (Wildman–Crippen LogP) is 1.96. The van der Waals surface area contributed by atoms with Crippen LogP contribution in [0.3, 0.4) is 0 Å². The average Bonchev–Trinajstić information content (AvgIpc) is 2.59. The minimum atomic E-state index is -0.980. The Morgan fingerprint density at radius 2 is 2.17 bits per heavy atom. The zero-order chi connectivity index (χ0) is 17.3. The van der Waals surface area contributed by atoms with E-state index in [9.17, 15) is 9.90 Å². The van der Waals surface area contributed by atoms with E-state index in [0.29, 0.717) is 16.9 Å². The molecule has 0 aliphatic carbocycles. The molecule has 0 radical (unpaired) electrons. The van der Waals surface area contributed by atoms with Gasteiger partial charge in [-0.05, 0) is 44.2 Å². The van der Waals surface area contributed by atoms with Gasteiger partial charge in [0.05, 0.1) is 17.7 Å². The third kappa shape index (κ3) is 2.82. The Hall–Kier alpha value is -2.91. The molecule has 0 spiro atoms. The van der Waals surface area contributed by atoms with E-state index in [-0.39, 0.29) is 5.69 Å². The van der Waals surface area contributed by atoms with E-state index in [4.69, 9.17) is 10.00 Å². The van der Waals surface area contributed by atoms with Gasteiger partial charge in [-0.3, -0.25) is 9.78 Å². The first-order valence-electron chi connectivity index (χ1n) is 7.55. The summed E-state index contributed by atoms with van der Waals surface area (Å²) in [6.07, 6.45) is 0.549. The molecule has 2 aromatic rings. The number of hydrogen-bond donors (Lipinski definition) is 2. The molecule has 0 saturated heterocycles. The SMILES string of the molecule is CC1(C)Oc2ccc(C#N)cc2[C@H](NC(=O)c2ccccn2)[C@H]1O. The Morgan fingerprint density at radius 1 is 1.38 bits per heavy atom. The topological polar surface area (TPSA) is 95.2 Å². The summed E-state index contributed by atoms with van der Waals surface area (Å²) in [7, 11) is 0. The maximum Gasteiger partial charge on any atom is 0.270 e. The molecule has 6 nitrogen and oxygen atoms in total. The van der Waals surface area contributed by atoms with Gasteiger partial charge in [0.1, 0.15) is 23.1 Å². The summed E-state index contributed by atoms with van der Waals surface area (Å²) in [5.74, 6) is 0.140. The van der Waals surface area contributed by atoms with E-state index in [2.05, 4.69) is 16.4 Å². The van der Waals surface area contributed by atoms with Crippen molar-refractivity contribution >= 4 is 5.91 Å². The summed E-state index contributed by atoms with van der Waals surface area (Å²) in [4.78, 5) is 16.5. The molecule has 0 saturated carbocycles. The van der Waals surface area contributed by atoms with Crippen molar-refractivity contribution in [3.63, 3.8) is 0 Å². The highest BCUT2D eigenvalue weighted by atomic mass is 16.5. The third-order valence-electron chi connectivity index (χ3n) is 4.06. The number of nitriles is 1. The first kappa shape index (κ1) is 16.0. The molecule has 6 heteroatoms. The second-order valence-corrected chi connectivity index (χ2v) is 6.18. The Balaban J connectivity index is 1.99. The molecular weight excluding hydrogens is 306 g/mol. The molecule has 2 heterocycles. The number of aliphatic hydroxyl groups excluding tert-OH is 1. The van der Waals surface area contributed by atoms with Gasteiger partial charge >= 0.3 is 0 Å². The van der Waals surface area contributed by atoms with Crippen molar-refractivity contribution < 1.29 is 14.6 Å². The van der Waals surface area contributed by atoms with Crippen molar-refractivity contribution in [2.75, 3.05) is 0 Å². The smallest absolute Gasteiger partial charge is 0.270 e. The summed E-state index contributed by atoms with van der Waals surface area (Å²) in [5.41, 5.74) is 0.377. The summed E-state index contributed by atoms with van der Waals surface area (Å²) in [6.45, 7) is 3.50. The van der Waals surface area contributed by atoms with Gasteiger partial charge in [-0.15, -0.1) is 0 Å². The van der Waals surface area contributed by atoms with Gasteiger partial charge in [-0.1, -0.05) is 6.07 Å². The van der Waals surface area contributed by atoms with Gasteiger partial charge in [0.25, 0.3) is 5.91 Å². The highest BCUT2D eigenvalue weighted by Crippen LogP contribution is 2.40. The second kappa shape index (κ2) is 5.95. The van der Waals surface area contributed by atoms with Gasteiger partial charge in [0, 0.05) is 11.8 Å². The average molecular weight is 323 g/mol. The number of hydrogen-bond acceptors (Lipinski definition) is 5. The van der Waals surface area contributed by atoms with Crippen LogP contribution in [0.4, 0.5) is 0 Å². The molecule has 24 heavy (non-hydrogen) atoms. The Morgan fingerprint density at radius 3 is 2.83 bits per heavy atom. The first-order chi connectivity index (χ1) is 11.4. The van der Waals surface area contributed by atoms with E-state index >= 15 is 0 Å². The number of aliphatic hydroxyl groups is 1. The number of carbonyl (C=O) groups excluding carboxylic acids is 1. The van der Waals surface area contributed by atoms with Crippen molar-refractivity contribution in [2.24, 2.45) is 0 Å². The minimum absolute atomic E-state index is 0.256. The molecule has 0 fully saturated rings. The highest BCUT2D eigenvalue weighted by molar-refractivity contribution is 5.92. The van der Waals surface area contributed by atoms with Crippen molar-refractivity contribution in [2.45, 2.75) is 31.6 Å². The first-order valence-corrected chi connectivity index (χ1v) is 7.55. The fraction of sp³-hybridized carbons (Fsp3) is 0.278. The van der Waals surface area contributed by atoms with E-state index in [1.165, 1.54) is 6.20 Å². The van der Waals surface area contributed by atoms with Crippen LogP contribution in [0.1, 0.15) is 41.5 Å². The maximum atomic E-state index is 12.4. The number of rotatable bonds is 2. The van der Waals surface area contributed by atoms with E-state index in [1.54, 1.807) is 50.2 Å². The molecule has 0 bridgehead atoms. The molecule has 1 amide bonds. The summed E-state index contributed by atoms with van der Waals surface area (Å²) >= 11 is 0. The van der Waals surface area contributed by atoms with Crippen LogP contribution in [0.15, 0.2) is 42.6 Å². The van der Waals surface area contributed by atoms with Gasteiger partial charge in [-0.25, -0.2) is 0 Å². The number of fused-ring (bicyclic) bond motifs is 1. The lowest BCUT2D eigenvalue weighted by Gasteiger charge is -2.42. The number of nitrogens with one attached hydrogen (secondary N) is 1. The lowest BCUT2D eigenvalue weighted by atomic mass is 9.86. The molecule has 1 aliphatic heterocycles. The van der Waals surface area contributed by atoms with E-state index < -0.39 is 23.7 Å². The molecule has 1 aromatic carbocycles. The second-order valence-electron chi connectivity index (χ2n) is 6.18. The molecule has 2 N–H and O–H groups in total. The number of nitrogens with zero attached hydrogens (tertiary/aromatic N) is 2. The summed E-state index contributed by atoms with van der Waals surface area (Å²) < 4.78 is 5.82. The Labute approximate surface area is 139 Å². The standard InChI is InChI=1S/C18H17N3O3/c1-18(2)16(22)15(21-17(23)13-5-3-4-8-20-13)12-9-11(10-19)6-7-14(12)24-18/h3-9,15-16,22H,1-2H3,(H,21,23)/t15-,16+/m0/s1. The Kier molecular flexibility index (Phi) is 3.96. The highest BCUT2D eigenvalue weighted by Gasteiger charge is 2.43. The minimum Gasteiger partial charge on any atom is -0.485 e. The predicted molar refractivity (Wildman–Crippen MR) is 86.3 cm³/mol. The normalized spacial score (nSPS) is 21.1. The van der Waals surface area contributed by atoms with Crippen molar-refractivity contribution in [1.29, 1.82) is 5.26 Å². The quantitative estimate of drug-likeness (QED) is 0.881. The number of amides is 1. The zero-order valence-electron chi connectivity index (χ0n) is 13.4. The van der Waals surface area contributed by atoms with Gasteiger partial charge in [0.2, 0.25) is 0 Å². The van der Waals surface area contributed by atoms with Crippen LogP contribution in [0.25, 0.3) is 0 Å². The van der Waals surface area contributed by atoms with Crippen LogP contribution < -0.4 is 10.1 Å². The lowest BCUT2D eigenvalue weighted by Crippen LogP contribution is -2.53. The summed E-state index contributed by atoms with van der Waals surface area (Å²) in [5, 5.41) is 22.6. The fourth-order valence-corrected chi connectivity index (χ4v) is 2.74. The monoisotopic (exact) mass is 323 g/mol. The van der Waals surface area contributed by atoms with Crippen molar-refractivity contribution in [3.05, 3.63) is 59.4 Å². The number of pyridine rings is 1. The fourth-order valence-electron chi connectivity index (χ4n) is 2.74. The lowest BCUT2D eigenvalue weighted by molar-refractivity contribution is -0.0628. The number of aromatic nitrogens is 1. The molecule has 1 aromatic heterocycles. The van der Waals surface area contributed by atoms with Crippen LogP contribution in [0.5, 0.6) is 5.75 Å². The van der Waals surface area contributed by atoms with Crippen LogP contribution in [-0.2, 0) is 0 Å². The molecule has 0 unspecified atom stereocenters. The maximum absolute atomic E-state index is 12.4. The van der Waals surface area contributed by atoms with Crippen LogP contribution >= 0.6 is 0 Å². The van der Waals surface area contributed by atoms with Crippen molar-refractivity contribution in [3.8, 4) is 11.8 Å². The van der Waals surface area contributed by atoms with Gasteiger partial charge in [-0.2, -0.15) is 5.26 Å². The van der Waals surface area contributed by atoms with Crippen molar-refractivity contribution in [1.82, 2.24) is 10.3 Å². The van der Waals surface area contributed by atoms with Gasteiger partial charge in [0.15, 0.2) is 0 Å². The van der Waals surface area contributed by atoms with E-state index in [1.807, 2.05) is 0 Å². The molecule has 122 valence electrons. The summed E-state index contributed by atoms with van der Waals surface area (Å²) in [6, 6.07) is 11.3. The Bertz CT molecular complexity index is 812. The van der Waals surface area contributed by atoms with Crippen LogP contribution in [0.2, 0.25) is 0 Å². The van der Waals surface area contributed by atoms with E-state index in [0.717, 1.165) is 0 Å².